The number of benzene rings is 1. The molecule has 1 aromatic carbocycles. The number of halogens is 2. The highest BCUT2D eigenvalue weighted by molar-refractivity contribution is 6.30. The minimum Gasteiger partial charge on any atom is -0.452 e. The molecule has 5 nitrogen and oxygen atoms in total. The summed E-state index contributed by atoms with van der Waals surface area (Å²) in [5.74, 6) is -1.04. The van der Waals surface area contributed by atoms with Gasteiger partial charge in [0.2, 0.25) is 0 Å². The lowest BCUT2D eigenvalue weighted by atomic mass is 10.1. The van der Waals surface area contributed by atoms with Crippen molar-refractivity contribution >= 4 is 35.1 Å². The predicted molar refractivity (Wildman–Crippen MR) is 87.5 cm³/mol. The van der Waals surface area contributed by atoms with Crippen molar-refractivity contribution in [2.75, 3.05) is 6.61 Å². The SMILES string of the molecule is C[C@@H](NC(=O)COC(=O)c1ccc(Cl)nc1)c1ccc(Cl)cc1. The lowest BCUT2D eigenvalue weighted by Crippen LogP contribution is -2.31. The van der Waals surface area contributed by atoms with Crippen LogP contribution in [0.1, 0.15) is 28.9 Å². The number of carbonyl (C=O) groups is 2. The summed E-state index contributed by atoms with van der Waals surface area (Å²) < 4.78 is 4.93. The summed E-state index contributed by atoms with van der Waals surface area (Å²) in [5, 5.41) is 3.63. The molecule has 23 heavy (non-hydrogen) atoms. The Morgan fingerprint density at radius 3 is 2.48 bits per heavy atom. The van der Waals surface area contributed by atoms with E-state index in [2.05, 4.69) is 10.3 Å². The average Bonchev–Trinajstić information content (AvgIpc) is 2.54. The zero-order valence-electron chi connectivity index (χ0n) is 12.3. The van der Waals surface area contributed by atoms with E-state index in [4.69, 9.17) is 27.9 Å². The van der Waals surface area contributed by atoms with Crippen LogP contribution in [0.25, 0.3) is 0 Å². The van der Waals surface area contributed by atoms with Crippen molar-refractivity contribution in [3.05, 3.63) is 63.9 Å². The molecule has 0 bridgehead atoms. The Morgan fingerprint density at radius 2 is 1.87 bits per heavy atom. The second kappa shape index (κ2) is 7.94. The van der Waals surface area contributed by atoms with E-state index < -0.39 is 11.9 Å². The Hall–Kier alpha value is -2.11. The number of hydrogen-bond donors (Lipinski definition) is 1. The van der Waals surface area contributed by atoms with Gasteiger partial charge in [-0.3, -0.25) is 4.79 Å². The monoisotopic (exact) mass is 352 g/mol. The second-order valence-electron chi connectivity index (χ2n) is 4.79. The van der Waals surface area contributed by atoms with Gasteiger partial charge in [0.25, 0.3) is 5.91 Å². The fraction of sp³-hybridized carbons (Fsp3) is 0.188. The highest BCUT2D eigenvalue weighted by Crippen LogP contribution is 2.15. The van der Waals surface area contributed by atoms with Crippen LogP contribution in [-0.2, 0) is 9.53 Å². The summed E-state index contributed by atoms with van der Waals surface area (Å²) in [5.41, 5.74) is 1.13. The Kier molecular flexibility index (Phi) is 5.96. The van der Waals surface area contributed by atoms with Crippen molar-refractivity contribution in [2.24, 2.45) is 0 Å². The molecule has 0 unspecified atom stereocenters. The molecule has 0 saturated carbocycles. The number of hydrogen-bond acceptors (Lipinski definition) is 4. The summed E-state index contributed by atoms with van der Waals surface area (Å²) in [6, 6.07) is 9.85. The number of amides is 1. The third kappa shape index (κ3) is 5.23. The Balaban J connectivity index is 1.83. The van der Waals surface area contributed by atoms with Crippen LogP contribution in [0, 0.1) is 0 Å². The van der Waals surface area contributed by atoms with E-state index >= 15 is 0 Å². The maximum atomic E-state index is 11.8. The van der Waals surface area contributed by atoms with E-state index in [0.29, 0.717) is 5.02 Å². The summed E-state index contributed by atoms with van der Waals surface area (Å²) in [4.78, 5) is 27.4. The van der Waals surface area contributed by atoms with E-state index in [0.717, 1.165) is 5.56 Å². The van der Waals surface area contributed by atoms with Crippen LogP contribution in [0.3, 0.4) is 0 Å². The first-order valence-electron chi connectivity index (χ1n) is 6.79. The fourth-order valence-electron chi connectivity index (χ4n) is 1.83. The van der Waals surface area contributed by atoms with Crippen molar-refractivity contribution in [1.29, 1.82) is 0 Å². The highest BCUT2D eigenvalue weighted by Gasteiger charge is 2.13. The maximum absolute atomic E-state index is 11.8. The third-order valence-corrected chi connectivity index (χ3v) is 3.52. The van der Waals surface area contributed by atoms with Gasteiger partial charge in [-0.1, -0.05) is 35.3 Å². The predicted octanol–water partition coefficient (Wildman–Crippen LogP) is 3.42. The first-order chi connectivity index (χ1) is 11.0. The van der Waals surface area contributed by atoms with Gasteiger partial charge in [-0.05, 0) is 36.8 Å². The number of nitrogens with one attached hydrogen (secondary N) is 1. The molecule has 1 amide bonds. The number of esters is 1. The van der Waals surface area contributed by atoms with Crippen LogP contribution in [0.15, 0.2) is 42.6 Å². The van der Waals surface area contributed by atoms with E-state index in [-0.39, 0.29) is 23.4 Å². The molecule has 1 N–H and O–H groups in total. The van der Waals surface area contributed by atoms with Crippen LogP contribution < -0.4 is 5.32 Å². The average molecular weight is 353 g/mol. The van der Waals surface area contributed by atoms with Gasteiger partial charge in [0.15, 0.2) is 6.61 Å². The quantitative estimate of drug-likeness (QED) is 0.661. The molecule has 1 atom stereocenters. The van der Waals surface area contributed by atoms with Crippen molar-refractivity contribution < 1.29 is 14.3 Å². The number of ether oxygens (including phenoxy) is 1. The molecule has 0 radical (unpaired) electrons. The lowest BCUT2D eigenvalue weighted by molar-refractivity contribution is -0.124. The number of rotatable bonds is 5. The van der Waals surface area contributed by atoms with Crippen LogP contribution in [-0.4, -0.2) is 23.5 Å². The van der Waals surface area contributed by atoms with E-state index in [1.165, 1.54) is 18.3 Å². The van der Waals surface area contributed by atoms with Crippen molar-refractivity contribution in [3.8, 4) is 0 Å². The van der Waals surface area contributed by atoms with E-state index in [1.54, 1.807) is 12.1 Å². The zero-order valence-corrected chi connectivity index (χ0v) is 13.8. The fourth-order valence-corrected chi connectivity index (χ4v) is 2.07. The number of carbonyl (C=O) groups excluding carboxylic acids is 2. The molecular weight excluding hydrogens is 339 g/mol. The molecule has 1 aromatic heterocycles. The normalized spacial score (nSPS) is 11.6. The molecule has 1 heterocycles. The molecule has 0 aliphatic rings. The Morgan fingerprint density at radius 1 is 1.17 bits per heavy atom. The number of pyridine rings is 1. The summed E-state index contributed by atoms with van der Waals surface area (Å²) in [7, 11) is 0. The first-order valence-corrected chi connectivity index (χ1v) is 7.55. The van der Waals surface area contributed by atoms with Gasteiger partial charge >= 0.3 is 5.97 Å². The van der Waals surface area contributed by atoms with Gasteiger partial charge in [-0.25, -0.2) is 9.78 Å². The van der Waals surface area contributed by atoms with Gasteiger partial charge < -0.3 is 10.1 Å². The van der Waals surface area contributed by atoms with Crippen molar-refractivity contribution in [2.45, 2.75) is 13.0 Å². The summed E-state index contributed by atoms with van der Waals surface area (Å²) in [6.07, 6.45) is 1.29. The van der Waals surface area contributed by atoms with Crippen LogP contribution >= 0.6 is 23.2 Å². The van der Waals surface area contributed by atoms with Gasteiger partial charge in [0.1, 0.15) is 5.15 Å². The minimum atomic E-state index is -0.636. The smallest absolute Gasteiger partial charge is 0.340 e. The number of nitrogens with zero attached hydrogens (tertiary/aromatic N) is 1. The highest BCUT2D eigenvalue weighted by atomic mass is 35.5. The summed E-state index contributed by atoms with van der Waals surface area (Å²) in [6.45, 7) is 1.45. The first kappa shape index (κ1) is 17.2. The summed E-state index contributed by atoms with van der Waals surface area (Å²) >= 11 is 11.4. The molecule has 0 aliphatic carbocycles. The molecule has 2 rings (SSSR count). The second-order valence-corrected chi connectivity index (χ2v) is 5.61. The third-order valence-electron chi connectivity index (χ3n) is 3.04. The molecular formula is C16H14Cl2N2O3. The lowest BCUT2D eigenvalue weighted by Gasteiger charge is -2.14. The molecule has 120 valence electrons. The Bertz CT molecular complexity index is 687. The van der Waals surface area contributed by atoms with Gasteiger partial charge in [-0.2, -0.15) is 0 Å². The molecule has 7 heteroatoms. The van der Waals surface area contributed by atoms with E-state index in [1.807, 2.05) is 19.1 Å². The molecule has 2 aromatic rings. The van der Waals surface area contributed by atoms with Gasteiger partial charge in [0, 0.05) is 11.2 Å². The topological polar surface area (TPSA) is 68.3 Å². The van der Waals surface area contributed by atoms with Crippen molar-refractivity contribution in [1.82, 2.24) is 10.3 Å². The standard InChI is InChI=1S/C16H14Cl2N2O3/c1-10(11-2-5-13(17)6-3-11)20-15(21)9-23-16(22)12-4-7-14(18)19-8-12/h2-8,10H,9H2,1H3,(H,20,21)/t10-/m1/s1. The van der Waals surface area contributed by atoms with Gasteiger partial charge in [0.05, 0.1) is 11.6 Å². The van der Waals surface area contributed by atoms with Crippen molar-refractivity contribution in [3.63, 3.8) is 0 Å². The van der Waals surface area contributed by atoms with Crippen LogP contribution in [0.5, 0.6) is 0 Å². The zero-order chi connectivity index (χ0) is 16.8. The van der Waals surface area contributed by atoms with Crippen LogP contribution in [0.4, 0.5) is 0 Å². The molecule has 0 saturated heterocycles. The van der Waals surface area contributed by atoms with Gasteiger partial charge in [-0.15, -0.1) is 0 Å². The Labute approximate surface area is 143 Å². The minimum absolute atomic E-state index is 0.226. The molecule has 0 spiro atoms. The molecule has 0 aliphatic heterocycles. The van der Waals surface area contributed by atoms with Crippen LogP contribution in [0.2, 0.25) is 10.2 Å². The largest absolute Gasteiger partial charge is 0.452 e. The molecule has 0 fully saturated rings. The number of aromatic nitrogens is 1. The van der Waals surface area contributed by atoms with E-state index in [9.17, 15) is 9.59 Å². The maximum Gasteiger partial charge on any atom is 0.340 e.